The van der Waals surface area contributed by atoms with E-state index >= 15 is 0 Å². The molecule has 1 atom stereocenters. The Bertz CT molecular complexity index is 358. The minimum Gasteiger partial charge on any atom is -0.294 e. The number of Topliss-reactive ketones (excluding diaryl/α,β-unsaturated/α-hetero) is 1. The number of hydrogen-bond donors (Lipinski definition) is 0. The summed E-state index contributed by atoms with van der Waals surface area (Å²) in [5.41, 5.74) is 1.06. The Balaban J connectivity index is 2.91. The summed E-state index contributed by atoms with van der Waals surface area (Å²) in [6.07, 6.45) is 1.76. The Labute approximate surface area is 90.3 Å². The second-order valence-corrected chi connectivity index (χ2v) is 4.04. The predicted molar refractivity (Wildman–Crippen MR) is 59.5 cm³/mol. The van der Waals surface area contributed by atoms with Crippen LogP contribution in [0.2, 0.25) is 0 Å². The highest BCUT2D eigenvalue weighted by atomic mass is 19.1. The van der Waals surface area contributed by atoms with E-state index in [1.54, 1.807) is 12.1 Å². The fraction of sp³-hybridized carbons (Fsp3) is 0.462. The lowest BCUT2D eigenvalue weighted by Gasteiger charge is -2.09. The second-order valence-electron chi connectivity index (χ2n) is 4.04. The molecule has 0 bridgehead atoms. The van der Waals surface area contributed by atoms with E-state index in [2.05, 4.69) is 0 Å². The van der Waals surface area contributed by atoms with Gasteiger partial charge in [-0.05, 0) is 31.0 Å². The molecule has 0 N–H and O–H groups in total. The molecule has 0 saturated heterocycles. The Kier molecular flexibility index (Phi) is 4.01. The molecule has 0 amide bonds. The molecule has 0 aromatic heterocycles. The summed E-state index contributed by atoms with van der Waals surface area (Å²) >= 11 is 0. The summed E-state index contributed by atoms with van der Waals surface area (Å²) in [7, 11) is 0. The fourth-order valence-electron chi connectivity index (χ4n) is 1.65. The van der Waals surface area contributed by atoms with Crippen molar-refractivity contribution in [3.63, 3.8) is 0 Å². The van der Waals surface area contributed by atoms with E-state index in [-0.39, 0.29) is 17.3 Å². The Morgan fingerprint density at radius 3 is 2.67 bits per heavy atom. The van der Waals surface area contributed by atoms with E-state index in [9.17, 15) is 9.18 Å². The van der Waals surface area contributed by atoms with Crippen LogP contribution < -0.4 is 0 Å². The first-order chi connectivity index (χ1) is 7.06. The van der Waals surface area contributed by atoms with Gasteiger partial charge in [0.15, 0.2) is 5.78 Å². The molecule has 0 spiro atoms. The number of hydrogen-bond acceptors (Lipinski definition) is 1. The van der Waals surface area contributed by atoms with Crippen molar-refractivity contribution in [2.24, 2.45) is 5.92 Å². The fourth-order valence-corrected chi connectivity index (χ4v) is 1.65. The normalized spacial score (nSPS) is 12.5. The van der Waals surface area contributed by atoms with Crippen molar-refractivity contribution in [1.82, 2.24) is 0 Å². The molecule has 82 valence electrons. The number of halogens is 1. The topological polar surface area (TPSA) is 17.1 Å². The lowest BCUT2D eigenvalue weighted by molar-refractivity contribution is 0.0919. The van der Waals surface area contributed by atoms with E-state index in [1.807, 2.05) is 20.8 Å². The molecule has 0 heterocycles. The summed E-state index contributed by atoms with van der Waals surface area (Å²) < 4.78 is 13.5. The zero-order chi connectivity index (χ0) is 11.4. The Morgan fingerprint density at radius 1 is 1.47 bits per heavy atom. The van der Waals surface area contributed by atoms with Gasteiger partial charge in [-0.1, -0.05) is 26.3 Å². The minimum absolute atomic E-state index is 0.0886. The molecule has 1 aromatic rings. The van der Waals surface area contributed by atoms with Crippen LogP contribution in [-0.4, -0.2) is 5.78 Å². The SMILES string of the molecule is CCCC(C)C(=O)c1ccc(C)cc1F. The number of carbonyl (C=O) groups excluding carboxylic acids is 1. The summed E-state index contributed by atoms with van der Waals surface area (Å²) in [6.45, 7) is 5.69. The van der Waals surface area contributed by atoms with Gasteiger partial charge in [-0.25, -0.2) is 4.39 Å². The lowest BCUT2D eigenvalue weighted by Crippen LogP contribution is -2.12. The van der Waals surface area contributed by atoms with Gasteiger partial charge in [0, 0.05) is 5.92 Å². The highest BCUT2D eigenvalue weighted by Crippen LogP contribution is 2.17. The summed E-state index contributed by atoms with van der Waals surface area (Å²) in [6, 6.07) is 4.76. The van der Waals surface area contributed by atoms with Gasteiger partial charge < -0.3 is 0 Å². The zero-order valence-corrected chi connectivity index (χ0v) is 9.51. The highest BCUT2D eigenvalue weighted by molar-refractivity contribution is 5.97. The molecule has 0 aliphatic rings. The molecular formula is C13H17FO. The van der Waals surface area contributed by atoms with Gasteiger partial charge in [0.2, 0.25) is 0 Å². The molecule has 0 fully saturated rings. The monoisotopic (exact) mass is 208 g/mol. The second kappa shape index (κ2) is 5.06. The molecular weight excluding hydrogens is 191 g/mol. The van der Waals surface area contributed by atoms with Crippen LogP contribution in [0.4, 0.5) is 4.39 Å². The van der Waals surface area contributed by atoms with Crippen LogP contribution in [0.1, 0.15) is 42.6 Å². The number of rotatable bonds is 4. The van der Waals surface area contributed by atoms with Gasteiger partial charge in [-0.15, -0.1) is 0 Å². The van der Waals surface area contributed by atoms with Crippen molar-refractivity contribution < 1.29 is 9.18 Å². The summed E-state index contributed by atoms with van der Waals surface area (Å²) in [4.78, 5) is 11.8. The van der Waals surface area contributed by atoms with E-state index in [0.717, 1.165) is 18.4 Å². The van der Waals surface area contributed by atoms with Crippen molar-refractivity contribution in [2.75, 3.05) is 0 Å². The van der Waals surface area contributed by atoms with E-state index < -0.39 is 5.82 Å². The van der Waals surface area contributed by atoms with Crippen molar-refractivity contribution in [2.45, 2.75) is 33.6 Å². The molecule has 0 radical (unpaired) electrons. The van der Waals surface area contributed by atoms with E-state index in [1.165, 1.54) is 6.07 Å². The van der Waals surface area contributed by atoms with Crippen molar-refractivity contribution >= 4 is 5.78 Å². The van der Waals surface area contributed by atoms with Crippen LogP contribution in [-0.2, 0) is 0 Å². The van der Waals surface area contributed by atoms with Gasteiger partial charge >= 0.3 is 0 Å². The number of ketones is 1. The standard InChI is InChI=1S/C13H17FO/c1-4-5-10(3)13(15)11-7-6-9(2)8-12(11)14/h6-8,10H,4-5H2,1-3H3. The maximum atomic E-state index is 13.5. The van der Waals surface area contributed by atoms with Crippen LogP contribution in [0.25, 0.3) is 0 Å². The minimum atomic E-state index is -0.400. The van der Waals surface area contributed by atoms with Crippen molar-refractivity contribution in [3.05, 3.63) is 35.1 Å². The van der Waals surface area contributed by atoms with E-state index in [0.29, 0.717) is 0 Å². The van der Waals surface area contributed by atoms with Gasteiger partial charge in [0.05, 0.1) is 5.56 Å². The molecule has 0 aliphatic carbocycles. The summed E-state index contributed by atoms with van der Waals surface area (Å²) in [5.74, 6) is -0.579. The highest BCUT2D eigenvalue weighted by Gasteiger charge is 2.17. The average Bonchev–Trinajstić information content (AvgIpc) is 2.17. The van der Waals surface area contributed by atoms with Crippen LogP contribution in [0.3, 0.4) is 0 Å². The first kappa shape index (κ1) is 11.9. The van der Waals surface area contributed by atoms with Gasteiger partial charge in [-0.2, -0.15) is 0 Å². The number of benzene rings is 1. The maximum Gasteiger partial charge on any atom is 0.168 e. The quantitative estimate of drug-likeness (QED) is 0.689. The Hall–Kier alpha value is -1.18. The van der Waals surface area contributed by atoms with Gasteiger partial charge in [0.1, 0.15) is 5.82 Å². The average molecular weight is 208 g/mol. The molecule has 1 unspecified atom stereocenters. The van der Waals surface area contributed by atoms with Gasteiger partial charge in [-0.3, -0.25) is 4.79 Å². The largest absolute Gasteiger partial charge is 0.294 e. The molecule has 1 nitrogen and oxygen atoms in total. The van der Waals surface area contributed by atoms with Crippen molar-refractivity contribution in [3.8, 4) is 0 Å². The number of carbonyl (C=O) groups is 1. The third-order valence-corrected chi connectivity index (χ3v) is 2.56. The first-order valence-corrected chi connectivity index (χ1v) is 5.36. The van der Waals surface area contributed by atoms with Gasteiger partial charge in [0.25, 0.3) is 0 Å². The smallest absolute Gasteiger partial charge is 0.168 e. The Morgan fingerprint density at radius 2 is 2.13 bits per heavy atom. The van der Waals surface area contributed by atoms with Crippen molar-refractivity contribution in [1.29, 1.82) is 0 Å². The molecule has 0 aliphatic heterocycles. The van der Waals surface area contributed by atoms with Crippen LogP contribution in [0.5, 0.6) is 0 Å². The van der Waals surface area contributed by atoms with Crippen LogP contribution >= 0.6 is 0 Å². The summed E-state index contributed by atoms with van der Waals surface area (Å²) in [5, 5.41) is 0. The third-order valence-electron chi connectivity index (χ3n) is 2.56. The zero-order valence-electron chi connectivity index (χ0n) is 9.51. The predicted octanol–water partition coefficient (Wildman–Crippen LogP) is 3.75. The maximum absolute atomic E-state index is 13.5. The van der Waals surface area contributed by atoms with Crippen LogP contribution in [0, 0.1) is 18.7 Å². The third kappa shape index (κ3) is 2.88. The molecule has 1 rings (SSSR count). The van der Waals surface area contributed by atoms with Crippen LogP contribution in [0.15, 0.2) is 18.2 Å². The molecule has 0 saturated carbocycles. The number of aryl methyl sites for hydroxylation is 1. The molecule has 15 heavy (non-hydrogen) atoms. The molecule has 2 heteroatoms. The first-order valence-electron chi connectivity index (χ1n) is 5.36. The van der Waals surface area contributed by atoms with E-state index in [4.69, 9.17) is 0 Å². The molecule has 1 aromatic carbocycles. The lowest BCUT2D eigenvalue weighted by atomic mass is 9.94.